The lowest BCUT2D eigenvalue weighted by atomic mass is 10.1. The lowest BCUT2D eigenvalue weighted by Gasteiger charge is -2.21. The van der Waals surface area contributed by atoms with Crippen LogP contribution in [0, 0.1) is 0 Å². The van der Waals surface area contributed by atoms with Gasteiger partial charge in [-0.3, -0.25) is 4.79 Å². The number of carboxylic acids is 1. The van der Waals surface area contributed by atoms with E-state index in [0.717, 1.165) is 11.3 Å². The Balaban J connectivity index is 2.35. The molecule has 0 aliphatic heterocycles. The summed E-state index contributed by atoms with van der Waals surface area (Å²) in [5, 5.41) is 14.5. The van der Waals surface area contributed by atoms with E-state index in [2.05, 4.69) is 19.2 Å². The first kappa shape index (κ1) is 17.2. The molecule has 0 radical (unpaired) electrons. The fourth-order valence-electron chi connectivity index (χ4n) is 2.39. The molecule has 0 saturated carbocycles. The van der Waals surface area contributed by atoms with Gasteiger partial charge in [0, 0.05) is 10.9 Å². The number of nitrogens with one attached hydrogen (secondary N) is 1. The minimum atomic E-state index is -0.744. The van der Waals surface area contributed by atoms with Crippen LogP contribution in [0.25, 0.3) is 0 Å². The molecule has 20 heavy (non-hydrogen) atoms. The van der Waals surface area contributed by atoms with Crippen LogP contribution in [-0.2, 0) is 4.79 Å². The molecule has 0 aromatic carbocycles. The lowest BCUT2D eigenvalue weighted by molar-refractivity contribution is -0.137. The molecule has 0 fully saturated rings. The second-order valence-corrected chi connectivity index (χ2v) is 6.42. The maximum Gasteiger partial charge on any atom is 0.305 e. The van der Waals surface area contributed by atoms with Crippen LogP contribution in [-0.4, -0.2) is 17.1 Å². The molecule has 0 amide bonds. The van der Waals surface area contributed by atoms with Crippen LogP contribution in [0.5, 0.6) is 0 Å². The second kappa shape index (κ2) is 9.94. The van der Waals surface area contributed by atoms with E-state index < -0.39 is 5.97 Å². The monoisotopic (exact) mass is 297 g/mol. The topological polar surface area (TPSA) is 49.3 Å². The van der Waals surface area contributed by atoms with Crippen molar-refractivity contribution in [2.24, 2.45) is 0 Å². The minimum Gasteiger partial charge on any atom is -0.481 e. The molecule has 114 valence electrons. The van der Waals surface area contributed by atoms with Crippen molar-refractivity contribution in [2.45, 2.75) is 70.9 Å². The average Bonchev–Trinajstić information content (AvgIpc) is 2.91. The molecule has 4 heteroatoms. The summed E-state index contributed by atoms with van der Waals surface area (Å²) in [6.45, 7) is 4.38. The van der Waals surface area contributed by atoms with Gasteiger partial charge in [0.15, 0.2) is 0 Å². The molecule has 0 bridgehead atoms. The Kier molecular flexibility index (Phi) is 8.54. The Labute approximate surface area is 126 Å². The summed E-state index contributed by atoms with van der Waals surface area (Å²) in [7, 11) is 0. The largest absolute Gasteiger partial charge is 0.481 e. The number of unbranched alkanes of at least 4 members (excludes halogenated alkanes) is 4. The van der Waals surface area contributed by atoms with Crippen molar-refractivity contribution >= 4 is 17.3 Å². The second-order valence-electron chi connectivity index (χ2n) is 5.44. The van der Waals surface area contributed by atoms with E-state index in [1.54, 1.807) is 11.3 Å². The van der Waals surface area contributed by atoms with E-state index in [1.165, 1.54) is 32.1 Å². The van der Waals surface area contributed by atoms with Crippen molar-refractivity contribution in [2.75, 3.05) is 0 Å². The molecule has 1 rings (SSSR count). The van der Waals surface area contributed by atoms with Gasteiger partial charge in [0.2, 0.25) is 0 Å². The molecule has 0 aliphatic rings. The Morgan fingerprint density at radius 1 is 1.35 bits per heavy atom. The maximum absolute atomic E-state index is 11.0. The Bertz CT molecular complexity index is 365. The highest BCUT2D eigenvalue weighted by Crippen LogP contribution is 2.23. The fraction of sp³-hybridized carbons (Fsp3) is 0.688. The van der Waals surface area contributed by atoms with Gasteiger partial charge >= 0.3 is 5.97 Å². The minimum absolute atomic E-state index is 0.0573. The predicted molar refractivity (Wildman–Crippen MR) is 85.3 cm³/mol. The smallest absolute Gasteiger partial charge is 0.305 e. The van der Waals surface area contributed by atoms with E-state index in [0.29, 0.717) is 6.04 Å². The van der Waals surface area contributed by atoms with Crippen molar-refractivity contribution in [3.05, 3.63) is 22.4 Å². The summed E-state index contributed by atoms with van der Waals surface area (Å²) in [5.74, 6) is -0.744. The highest BCUT2D eigenvalue weighted by molar-refractivity contribution is 7.10. The molecule has 0 saturated heterocycles. The number of carboxylic acid groups (broad SMARTS) is 1. The Morgan fingerprint density at radius 2 is 2.10 bits per heavy atom. The first-order valence-corrected chi connectivity index (χ1v) is 8.52. The fourth-order valence-corrected chi connectivity index (χ4v) is 3.17. The van der Waals surface area contributed by atoms with E-state index in [9.17, 15) is 4.79 Å². The normalized spacial score (nSPS) is 14.1. The number of rotatable bonds is 11. The summed E-state index contributed by atoms with van der Waals surface area (Å²) in [6.07, 6.45) is 7.67. The molecule has 1 aromatic heterocycles. The summed E-state index contributed by atoms with van der Waals surface area (Å²) in [5.41, 5.74) is 0. The standard InChI is InChI=1S/C16H27NO2S/c1-3-4-5-6-7-9-13(2)17-14(12-16(18)19)15-10-8-11-20-15/h8,10-11,13-14,17H,3-7,9,12H2,1-2H3,(H,18,19). The van der Waals surface area contributed by atoms with Crippen molar-refractivity contribution in [1.82, 2.24) is 5.32 Å². The van der Waals surface area contributed by atoms with Gasteiger partial charge in [-0.05, 0) is 24.8 Å². The van der Waals surface area contributed by atoms with Crippen LogP contribution in [0.4, 0.5) is 0 Å². The molecule has 1 heterocycles. The van der Waals surface area contributed by atoms with E-state index in [4.69, 9.17) is 5.11 Å². The number of aliphatic carboxylic acids is 1. The predicted octanol–water partition coefficient (Wildman–Crippen LogP) is 4.60. The quantitative estimate of drug-likeness (QED) is 0.587. The zero-order valence-corrected chi connectivity index (χ0v) is 13.4. The van der Waals surface area contributed by atoms with Crippen LogP contribution in [0.2, 0.25) is 0 Å². The van der Waals surface area contributed by atoms with Gasteiger partial charge in [0.1, 0.15) is 0 Å². The zero-order chi connectivity index (χ0) is 14.8. The number of thiophene rings is 1. The first-order chi connectivity index (χ1) is 9.63. The van der Waals surface area contributed by atoms with Crippen molar-refractivity contribution in [3.63, 3.8) is 0 Å². The summed E-state index contributed by atoms with van der Waals surface area (Å²) >= 11 is 1.62. The molecule has 2 N–H and O–H groups in total. The summed E-state index contributed by atoms with van der Waals surface area (Å²) in [4.78, 5) is 12.1. The number of hydrogen-bond acceptors (Lipinski definition) is 3. The van der Waals surface area contributed by atoms with Crippen LogP contribution >= 0.6 is 11.3 Å². The SMILES string of the molecule is CCCCCCCC(C)NC(CC(=O)O)c1cccs1. The van der Waals surface area contributed by atoms with Gasteiger partial charge < -0.3 is 10.4 Å². The lowest BCUT2D eigenvalue weighted by Crippen LogP contribution is -2.31. The van der Waals surface area contributed by atoms with Gasteiger partial charge in [-0.2, -0.15) is 0 Å². The molecule has 1 aromatic rings. The van der Waals surface area contributed by atoms with Crippen LogP contribution in [0.3, 0.4) is 0 Å². The Morgan fingerprint density at radius 3 is 2.70 bits per heavy atom. The molecule has 3 nitrogen and oxygen atoms in total. The first-order valence-electron chi connectivity index (χ1n) is 7.64. The average molecular weight is 297 g/mol. The molecular weight excluding hydrogens is 270 g/mol. The Hall–Kier alpha value is -0.870. The third-order valence-corrected chi connectivity index (χ3v) is 4.48. The van der Waals surface area contributed by atoms with Gasteiger partial charge in [0.05, 0.1) is 12.5 Å². The molecule has 0 aliphatic carbocycles. The summed E-state index contributed by atoms with van der Waals surface area (Å²) in [6, 6.07) is 4.30. The number of carbonyl (C=O) groups is 1. The van der Waals surface area contributed by atoms with Crippen molar-refractivity contribution in [1.29, 1.82) is 0 Å². The van der Waals surface area contributed by atoms with Gasteiger partial charge in [0.25, 0.3) is 0 Å². The maximum atomic E-state index is 11.0. The van der Waals surface area contributed by atoms with E-state index >= 15 is 0 Å². The molecule has 0 spiro atoms. The van der Waals surface area contributed by atoms with Gasteiger partial charge in [-0.15, -0.1) is 11.3 Å². The van der Waals surface area contributed by atoms with Crippen molar-refractivity contribution < 1.29 is 9.90 Å². The molecular formula is C16H27NO2S. The molecule has 2 unspecified atom stereocenters. The highest BCUT2D eigenvalue weighted by atomic mass is 32.1. The number of hydrogen-bond donors (Lipinski definition) is 2. The van der Waals surface area contributed by atoms with Gasteiger partial charge in [-0.25, -0.2) is 0 Å². The molecule has 2 atom stereocenters. The van der Waals surface area contributed by atoms with Crippen LogP contribution in [0.1, 0.15) is 69.7 Å². The van der Waals surface area contributed by atoms with E-state index in [1.807, 2.05) is 17.5 Å². The van der Waals surface area contributed by atoms with Gasteiger partial charge in [-0.1, -0.05) is 45.1 Å². The highest BCUT2D eigenvalue weighted by Gasteiger charge is 2.18. The van der Waals surface area contributed by atoms with Crippen molar-refractivity contribution in [3.8, 4) is 0 Å². The summed E-state index contributed by atoms with van der Waals surface area (Å²) < 4.78 is 0. The zero-order valence-electron chi connectivity index (χ0n) is 12.6. The van der Waals surface area contributed by atoms with Crippen LogP contribution in [0.15, 0.2) is 17.5 Å². The third kappa shape index (κ3) is 7.06. The van der Waals surface area contributed by atoms with E-state index in [-0.39, 0.29) is 12.5 Å². The van der Waals surface area contributed by atoms with Crippen LogP contribution < -0.4 is 5.32 Å². The third-order valence-electron chi connectivity index (χ3n) is 3.49.